The molecule has 0 unspecified atom stereocenters. The maximum absolute atomic E-state index is 11.1. The Balaban J connectivity index is 1.69. The van der Waals surface area contributed by atoms with Gasteiger partial charge in [-0.3, -0.25) is 4.79 Å². The molecule has 0 spiro atoms. The molecule has 0 bridgehead atoms. The number of halogens is 2. The second kappa shape index (κ2) is 7.77. The van der Waals surface area contributed by atoms with Gasteiger partial charge in [0.1, 0.15) is 0 Å². The number of carbonyl (C=O) groups excluding carboxylic acids is 1. The number of rotatable bonds is 6. The molecule has 0 aromatic heterocycles. The Hall–Kier alpha value is -1.55. The molecule has 5 heteroatoms. The van der Waals surface area contributed by atoms with Crippen LogP contribution in [-0.4, -0.2) is 12.5 Å². The summed E-state index contributed by atoms with van der Waals surface area (Å²) in [6.45, 7) is 1.61. The molecular weight excluding hydrogens is 355 g/mol. The molecule has 1 fully saturated rings. The number of nitrogens with two attached hydrogens (primary N) is 1. The molecule has 0 aliphatic heterocycles. The average molecular weight is 377 g/mol. The Morgan fingerprint density at radius 3 is 2.36 bits per heavy atom. The minimum Gasteiger partial charge on any atom is -0.366 e. The minimum atomic E-state index is -0.401. The predicted molar refractivity (Wildman–Crippen MR) is 103 cm³/mol. The third kappa shape index (κ3) is 4.17. The van der Waals surface area contributed by atoms with E-state index in [0.29, 0.717) is 10.6 Å². The van der Waals surface area contributed by atoms with Gasteiger partial charge in [-0.25, -0.2) is 0 Å². The van der Waals surface area contributed by atoms with E-state index in [0.717, 1.165) is 36.5 Å². The number of carbonyl (C=O) groups is 1. The van der Waals surface area contributed by atoms with Crippen LogP contribution in [0.4, 0.5) is 0 Å². The highest BCUT2D eigenvalue weighted by Gasteiger charge is 2.36. The first-order valence-corrected chi connectivity index (χ1v) is 9.31. The van der Waals surface area contributed by atoms with Crippen molar-refractivity contribution in [2.45, 2.75) is 37.6 Å². The largest absolute Gasteiger partial charge is 0.366 e. The van der Waals surface area contributed by atoms with Crippen LogP contribution in [0.1, 0.15) is 47.2 Å². The second-order valence-electron chi connectivity index (χ2n) is 6.78. The number of amides is 1. The summed E-state index contributed by atoms with van der Waals surface area (Å²) in [5.41, 5.74) is 8.19. The van der Waals surface area contributed by atoms with E-state index in [4.69, 9.17) is 28.9 Å². The van der Waals surface area contributed by atoms with Gasteiger partial charge in [-0.1, -0.05) is 54.2 Å². The molecule has 1 aliphatic rings. The van der Waals surface area contributed by atoms with E-state index >= 15 is 0 Å². The first kappa shape index (κ1) is 18.2. The van der Waals surface area contributed by atoms with E-state index in [9.17, 15) is 4.79 Å². The number of hydrogen-bond donors (Lipinski definition) is 2. The molecule has 25 heavy (non-hydrogen) atoms. The molecule has 0 radical (unpaired) electrons. The lowest BCUT2D eigenvalue weighted by Gasteiger charge is -2.31. The van der Waals surface area contributed by atoms with Crippen LogP contribution in [0.15, 0.2) is 42.5 Å². The fourth-order valence-corrected chi connectivity index (χ4v) is 4.35. The molecule has 0 atom stereocenters. The highest BCUT2D eigenvalue weighted by atomic mass is 35.5. The summed E-state index contributed by atoms with van der Waals surface area (Å²) in [5, 5.41) is 4.99. The van der Waals surface area contributed by atoms with Crippen molar-refractivity contribution in [1.29, 1.82) is 0 Å². The van der Waals surface area contributed by atoms with Gasteiger partial charge in [-0.2, -0.15) is 0 Å². The van der Waals surface area contributed by atoms with Gasteiger partial charge in [0, 0.05) is 34.1 Å². The van der Waals surface area contributed by atoms with Crippen LogP contribution in [0.5, 0.6) is 0 Å². The summed E-state index contributed by atoms with van der Waals surface area (Å²) in [4.78, 5) is 11.1. The fraction of sp³-hybridized carbons (Fsp3) is 0.350. The highest BCUT2D eigenvalue weighted by Crippen LogP contribution is 2.44. The molecule has 2 aromatic rings. The van der Waals surface area contributed by atoms with Gasteiger partial charge in [0.05, 0.1) is 0 Å². The quantitative estimate of drug-likeness (QED) is 0.767. The van der Waals surface area contributed by atoms with Crippen LogP contribution in [0, 0.1) is 0 Å². The zero-order valence-corrected chi connectivity index (χ0v) is 15.5. The Bertz CT molecular complexity index is 753. The van der Waals surface area contributed by atoms with Crippen molar-refractivity contribution < 1.29 is 4.79 Å². The monoisotopic (exact) mass is 376 g/mol. The van der Waals surface area contributed by atoms with Crippen molar-refractivity contribution in [3.63, 3.8) is 0 Å². The van der Waals surface area contributed by atoms with E-state index in [1.54, 1.807) is 12.1 Å². The van der Waals surface area contributed by atoms with Crippen LogP contribution >= 0.6 is 23.2 Å². The fourth-order valence-electron chi connectivity index (χ4n) is 3.75. The first-order valence-electron chi connectivity index (χ1n) is 8.55. The van der Waals surface area contributed by atoms with Crippen molar-refractivity contribution in [3.8, 4) is 0 Å². The normalized spacial score (nSPS) is 16.1. The summed E-state index contributed by atoms with van der Waals surface area (Å²) >= 11 is 12.5. The molecule has 0 heterocycles. The third-order valence-electron chi connectivity index (χ3n) is 5.09. The Morgan fingerprint density at radius 2 is 1.76 bits per heavy atom. The van der Waals surface area contributed by atoms with Crippen molar-refractivity contribution >= 4 is 29.1 Å². The summed E-state index contributed by atoms with van der Waals surface area (Å²) in [6.07, 6.45) is 4.69. The molecule has 3 rings (SSSR count). The van der Waals surface area contributed by atoms with Gasteiger partial charge >= 0.3 is 0 Å². The topological polar surface area (TPSA) is 55.1 Å². The van der Waals surface area contributed by atoms with Gasteiger partial charge in [-0.05, 0) is 48.2 Å². The lowest BCUT2D eigenvalue weighted by molar-refractivity contribution is 0.100. The van der Waals surface area contributed by atoms with Crippen molar-refractivity contribution in [1.82, 2.24) is 5.32 Å². The first-order chi connectivity index (χ1) is 12.0. The highest BCUT2D eigenvalue weighted by molar-refractivity contribution is 6.35. The Kier molecular flexibility index (Phi) is 5.67. The lowest BCUT2D eigenvalue weighted by Crippen LogP contribution is -2.36. The number of nitrogens with one attached hydrogen (secondary N) is 1. The van der Waals surface area contributed by atoms with Crippen LogP contribution in [0.3, 0.4) is 0 Å². The summed E-state index contributed by atoms with van der Waals surface area (Å²) in [6, 6.07) is 13.2. The van der Waals surface area contributed by atoms with Crippen LogP contribution in [-0.2, 0) is 12.0 Å². The Morgan fingerprint density at radius 1 is 1.08 bits per heavy atom. The zero-order valence-electron chi connectivity index (χ0n) is 14.0. The average Bonchev–Trinajstić information content (AvgIpc) is 3.05. The summed E-state index contributed by atoms with van der Waals surface area (Å²) < 4.78 is 0. The van der Waals surface area contributed by atoms with Crippen LogP contribution in [0.25, 0.3) is 0 Å². The molecule has 2 aromatic carbocycles. The zero-order chi connectivity index (χ0) is 17.9. The van der Waals surface area contributed by atoms with Crippen molar-refractivity contribution in [3.05, 3.63) is 69.2 Å². The molecule has 3 N–H and O–H groups in total. The van der Waals surface area contributed by atoms with Gasteiger partial charge in [0.25, 0.3) is 0 Å². The maximum Gasteiger partial charge on any atom is 0.248 e. The standard InChI is InChI=1S/C20H22Cl2N2O/c21-16-7-8-17(18(22)11-16)20(9-1-2-10-20)13-24-12-14-3-5-15(6-4-14)19(23)25/h3-8,11,24H,1-2,9-10,12-13H2,(H2,23,25). The van der Waals surface area contributed by atoms with Crippen molar-refractivity contribution in [2.24, 2.45) is 5.73 Å². The maximum atomic E-state index is 11.1. The van der Waals surface area contributed by atoms with E-state index < -0.39 is 5.91 Å². The predicted octanol–water partition coefficient (Wildman–Crippen LogP) is 4.69. The number of hydrogen-bond acceptors (Lipinski definition) is 2. The third-order valence-corrected chi connectivity index (χ3v) is 5.64. The van der Waals surface area contributed by atoms with Gasteiger partial charge < -0.3 is 11.1 Å². The molecule has 1 amide bonds. The summed E-state index contributed by atoms with van der Waals surface area (Å²) in [7, 11) is 0. The van der Waals surface area contributed by atoms with Crippen LogP contribution < -0.4 is 11.1 Å². The molecule has 1 aliphatic carbocycles. The van der Waals surface area contributed by atoms with Crippen LogP contribution in [0.2, 0.25) is 10.0 Å². The Labute approximate surface area is 158 Å². The van der Waals surface area contributed by atoms with E-state index in [1.165, 1.54) is 18.4 Å². The molecule has 132 valence electrons. The van der Waals surface area contributed by atoms with Crippen molar-refractivity contribution in [2.75, 3.05) is 6.54 Å². The molecule has 1 saturated carbocycles. The van der Waals surface area contributed by atoms with Gasteiger partial charge in [0.2, 0.25) is 5.91 Å². The molecule has 0 saturated heterocycles. The summed E-state index contributed by atoms with van der Waals surface area (Å²) in [5.74, 6) is -0.401. The number of primary amides is 1. The number of benzene rings is 2. The van der Waals surface area contributed by atoms with Gasteiger partial charge in [-0.15, -0.1) is 0 Å². The minimum absolute atomic E-state index is 0.0643. The second-order valence-corrected chi connectivity index (χ2v) is 7.62. The smallest absolute Gasteiger partial charge is 0.248 e. The van der Waals surface area contributed by atoms with E-state index in [1.807, 2.05) is 24.3 Å². The van der Waals surface area contributed by atoms with E-state index in [2.05, 4.69) is 11.4 Å². The SMILES string of the molecule is NC(=O)c1ccc(CNCC2(c3ccc(Cl)cc3Cl)CCCC2)cc1. The van der Waals surface area contributed by atoms with E-state index in [-0.39, 0.29) is 5.41 Å². The molecule has 3 nitrogen and oxygen atoms in total. The van der Waals surface area contributed by atoms with Gasteiger partial charge in [0.15, 0.2) is 0 Å². The lowest BCUT2D eigenvalue weighted by atomic mass is 9.78. The molecular formula is C20H22Cl2N2O.